The van der Waals surface area contributed by atoms with Crippen LogP contribution >= 0.6 is 11.8 Å². The Hall–Kier alpha value is -1.62. The van der Waals surface area contributed by atoms with Crippen molar-refractivity contribution in [2.45, 2.75) is 6.92 Å². The number of nitrogens with zero attached hydrogens (tertiary/aromatic N) is 1. The zero-order valence-electron chi connectivity index (χ0n) is 8.71. The molecule has 1 aromatic heterocycles. The second-order valence-corrected chi connectivity index (χ2v) is 4.17. The number of carboxylic acids is 1. The molecule has 0 fully saturated rings. The minimum Gasteiger partial charge on any atom is -0.478 e. The molecule has 1 rings (SSSR count). The average molecular weight is 237 g/mol. The summed E-state index contributed by atoms with van der Waals surface area (Å²) in [6.45, 7) is 1.49. The van der Waals surface area contributed by atoms with Crippen LogP contribution in [-0.2, 0) is 4.79 Å². The van der Waals surface area contributed by atoms with Crippen molar-refractivity contribution in [3.05, 3.63) is 35.7 Å². The Morgan fingerprint density at radius 1 is 1.56 bits per heavy atom. The Labute approximate surface area is 97.4 Å². The SMILES string of the molecule is CC(=O)SCC=Cc1cnccc1C(=O)O. The number of pyridine rings is 1. The fourth-order valence-corrected chi connectivity index (χ4v) is 1.50. The van der Waals surface area contributed by atoms with Crippen molar-refractivity contribution >= 4 is 28.9 Å². The van der Waals surface area contributed by atoms with Crippen molar-refractivity contribution < 1.29 is 14.7 Å². The van der Waals surface area contributed by atoms with Crippen molar-refractivity contribution in [1.29, 1.82) is 0 Å². The fourth-order valence-electron chi connectivity index (χ4n) is 1.07. The van der Waals surface area contributed by atoms with E-state index in [2.05, 4.69) is 4.98 Å². The lowest BCUT2D eigenvalue weighted by Crippen LogP contribution is -1.99. The Balaban J connectivity index is 2.73. The van der Waals surface area contributed by atoms with Crippen LogP contribution in [0.25, 0.3) is 6.08 Å². The number of hydrogen-bond donors (Lipinski definition) is 1. The maximum absolute atomic E-state index is 10.8. The first kappa shape index (κ1) is 12.4. The first-order valence-electron chi connectivity index (χ1n) is 4.58. The van der Waals surface area contributed by atoms with Gasteiger partial charge in [-0.15, -0.1) is 0 Å². The molecule has 16 heavy (non-hydrogen) atoms. The molecule has 1 heterocycles. The van der Waals surface area contributed by atoms with Gasteiger partial charge in [0.05, 0.1) is 5.56 Å². The van der Waals surface area contributed by atoms with Gasteiger partial charge in [-0.25, -0.2) is 4.79 Å². The van der Waals surface area contributed by atoms with Gasteiger partial charge >= 0.3 is 5.97 Å². The zero-order valence-corrected chi connectivity index (χ0v) is 9.53. The highest BCUT2D eigenvalue weighted by Gasteiger charge is 2.06. The third-order valence-corrected chi connectivity index (χ3v) is 2.53. The summed E-state index contributed by atoms with van der Waals surface area (Å²) in [4.78, 5) is 25.3. The van der Waals surface area contributed by atoms with Crippen LogP contribution in [0, 0.1) is 0 Å². The number of carboxylic acid groups (broad SMARTS) is 1. The van der Waals surface area contributed by atoms with E-state index in [-0.39, 0.29) is 10.7 Å². The number of carbonyl (C=O) groups is 2. The molecule has 1 aromatic rings. The predicted octanol–water partition coefficient (Wildman–Crippen LogP) is 2.07. The lowest BCUT2D eigenvalue weighted by atomic mass is 10.1. The number of carbonyl (C=O) groups excluding carboxylic acids is 1. The summed E-state index contributed by atoms with van der Waals surface area (Å²) < 4.78 is 0. The van der Waals surface area contributed by atoms with Gasteiger partial charge in [0.15, 0.2) is 5.12 Å². The number of hydrogen-bond acceptors (Lipinski definition) is 4. The molecule has 0 saturated carbocycles. The summed E-state index contributed by atoms with van der Waals surface area (Å²) in [6.07, 6.45) is 6.32. The van der Waals surface area contributed by atoms with Crippen LogP contribution in [0.3, 0.4) is 0 Å². The Kier molecular flexibility index (Phi) is 4.72. The normalized spacial score (nSPS) is 10.6. The fraction of sp³-hybridized carbons (Fsp3) is 0.182. The molecule has 0 aliphatic heterocycles. The van der Waals surface area contributed by atoms with Crippen LogP contribution in [0.5, 0.6) is 0 Å². The van der Waals surface area contributed by atoms with Crippen molar-refractivity contribution in [2.75, 3.05) is 5.75 Å². The quantitative estimate of drug-likeness (QED) is 0.868. The summed E-state index contributed by atoms with van der Waals surface area (Å²) in [5.74, 6) is -0.454. The summed E-state index contributed by atoms with van der Waals surface area (Å²) in [6, 6.07) is 1.44. The van der Waals surface area contributed by atoms with Gasteiger partial charge in [-0.05, 0) is 6.07 Å². The van der Waals surface area contributed by atoms with Crippen LogP contribution in [0.2, 0.25) is 0 Å². The third-order valence-electron chi connectivity index (χ3n) is 1.76. The topological polar surface area (TPSA) is 67.3 Å². The van der Waals surface area contributed by atoms with Gasteiger partial charge in [-0.2, -0.15) is 0 Å². The van der Waals surface area contributed by atoms with E-state index < -0.39 is 5.97 Å². The summed E-state index contributed by atoms with van der Waals surface area (Å²) in [5.41, 5.74) is 0.748. The minimum absolute atomic E-state index is 0.0364. The van der Waals surface area contributed by atoms with E-state index in [1.165, 1.54) is 37.1 Å². The molecule has 0 radical (unpaired) electrons. The number of aromatic nitrogens is 1. The number of aromatic carboxylic acids is 1. The first-order chi connectivity index (χ1) is 7.61. The first-order valence-corrected chi connectivity index (χ1v) is 5.57. The third kappa shape index (κ3) is 3.86. The maximum Gasteiger partial charge on any atom is 0.336 e. The van der Waals surface area contributed by atoms with Gasteiger partial charge in [0.2, 0.25) is 0 Å². The van der Waals surface area contributed by atoms with Crippen molar-refractivity contribution in [3.63, 3.8) is 0 Å². The molecule has 0 unspecified atom stereocenters. The van der Waals surface area contributed by atoms with Gasteiger partial charge < -0.3 is 5.11 Å². The molecule has 1 N–H and O–H groups in total. The van der Waals surface area contributed by atoms with Gasteiger partial charge in [0.25, 0.3) is 0 Å². The van der Waals surface area contributed by atoms with E-state index in [1.807, 2.05) is 0 Å². The lowest BCUT2D eigenvalue weighted by Gasteiger charge is -1.98. The molecule has 84 valence electrons. The Bertz CT molecular complexity index is 429. The van der Waals surface area contributed by atoms with E-state index >= 15 is 0 Å². The predicted molar refractivity (Wildman–Crippen MR) is 63.4 cm³/mol. The van der Waals surface area contributed by atoms with Crippen molar-refractivity contribution in [2.24, 2.45) is 0 Å². The molecule has 5 heteroatoms. The lowest BCUT2D eigenvalue weighted by molar-refractivity contribution is -0.109. The highest BCUT2D eigenvalue weighted by molar-refractivity contribution is 8.13. The maximum atomic E-state index is 10.8. The molecular weight excluding hydrogens is 226 g/mol. The van der Waals surface area contributed by atoms with Gasteiger partial charge in [0, 0.05) is 30.6 Å². The average Bonchev–Trinajstić information content (AvgIpc) is 2.24. The van der Waals surface area contributed by atoms with Crippen LogP contribution < -0.4 is 0 Å². The molecule has 0 amide bonds. The van der Waals surface area contributed by atoms with E-state index in [0.717, 1.165) is 0 Å². The summed E-state index contributed by atoms with van der Waals surface area (Å²) in [5, 5.41) is 8.93. The van der Waals surface area contributed by atoms with Crippen LogP contribution in [0.15, 0.2) is 24.5 Å². The van der Waals surface area contributed by atoms with Gasteiger partial charge in [-0.1, -0.05) is 23.9 Å². The largest absolute Gasteiger partial charge is 0.478 e. The number of thioether (sulfide) groups is 1. The molecule has 4 nitrogen and oxygen atoms in total. The highest BCUT2D eigenvalue weighted by atomic mass is 32.2. The molecule has 0 saturated heterocycles. The zero-order chi connectivity index (χ0) is 12.0. The van der Waals surface area contributed by atoms with Crippen molar-refractivity contribution in [1.82, 2.24) is 4.98 Å². The molecule has 0 bridgehead atoms. The molecule has 0 aliphatic rings. The van der Waals surface area contributed by atoms with E-state index in [0.29, 0.717) is 11.3 Å². The second-order valence-electron chi connectivity index (χ2n) is 2.97. The van der Waals surface area contributed by atoms with E-state index in [1.54, 1.807) is 12.2 Å². The monoisotopic (exact) mass is 237 g/mol. The van der Waals surface area contributed by atoms with Crippen LogP contribution in [0.1, 0.15) is 22.8 Å². The van der Waals surface area contributed by atoms with Crippen LogP contribution in [-0.4, -0.2) is 26.9 Å². The summed E-state index contributed by atoms with van der Waals surface area (Å²) in [7, 11) is 0. The molecule has 0 spiro atoms. The molecule has 0 aliphatic carbocycles. The Morgan fingerprint density at radius 2 is 2.31 bits per heavy atom. The van der Waals surface area contributed by atoms with Crippen molar-refractivity contribution in [3.8, 4) is 0 Å². The Morgan fingerprint density at radius 3 is 2.94 bits per heavy atom. The van der Waals surface area contributed by atoms with Gasteiger partial charge in [0.1, 0.15) is 0 Å². The smallest absolute Gasteiger partial charge is 0.336 e. The molecule has 0 aromatic carbocycles. The number of rotatable bonds is 4. The molecular formula is C11H11NO3S. The summed E-state index contributed by atoms with van der Waals surface area (Å²) >= 11 is 1.17. The van der Waals surface area contributed by atoms with E-state index in [4.69, 9.17) is 5.11 Å². The molecule has 0 atom stereocenters. The van der Waals surface area contributed by atoms with E-state index in [9.17, 15) is 9.59 Å². The standard InChI is InChI=1S/C11H11NO3S/c1-8(13)16-6-2-3-9-7-12-5-4-10(9)11(14)15/h2-5,7H,6H2,1H3,(H,14,15). The minimum atomic E-state index is -0.985. The second kappa shape index (κ2) is 6.07. The van der Waals surface area contributed by atoms with Crippen LogP contribution in [0.4, 0.5) is 0 Å². The van der Waals surface area contributed by atoms with Gasteiger partial charge in [-0.3, -0.25) is 9.78 Å². The highest BCUT2D eigenvalue weighted by Crippen LogP contribution is 2.10.